The van der Waals surface area contributed by atoms with Crippen LogP contribution in [0.5, 0.6) is 0 Å². The molecule has 1 aliphatic rings. The summed E-state index contributed by atoms with van der Waals surface area (Å²) in [6.07, 6.45) is 5.21. The maximum Gasteiger partial charge on any atom is 0.148 e. The van der Waals surface area contributed by atoms with Gasteiger partial charge in [0.25, 0.3) is 0 Å². The van der Waals surface area contributed by atoms with E-state index in [1.54, 1.807) is 7.05 Å². The van der Waals surface area contributed by atoms with Crippen LogP contribution >= 0.6 is 0 Å². The number of aliphatic imine (C=N–C) groups is 2. The van der Waals surface area contributed by atoms with Gasteiger partial charge in [0, 0.05) is 66.8 Å². The Bertz CT molecular complexity index is 1280. The average Bonchev–Trinajstić information content (AvgIpc) is 3.41. The minimum absolute atomic E-state index is 0.806. The number of rotatable bonds is 4. The van der Waals surface area contributed by atoms with Crippen molar-refractivity contribution in [3.05, 3.63) is 60.0 Å². The van der Waals surface area contributed by atoms with Gasteiger partial charge in [0.15, 0.2) is 0 Å². The number of imidazole rings is 1. The zero-order valence-electron chi connectivity index (χ0n) is 17.2. The molecule has 0 radical (unpaired) electrons. The molecule has 0 spiro atoms. The third kappa shape index (κ3) is 3.32. The number of amidine groups is 2. The number of benzene rings is 1. The summed E-state index contributed by atoms with van der Waals surface area (Å²) in [4.78, 5) is 17.2. The Hall–Kier alpha value is -3.61. The van der Waals surface area contributed by atoms with E-state index >= 15 is 0 Å². The highest BCUT2D eigenvalue weighted by Crippen LogP contribution is 2.26. The summed E-state index contributed by atoms with van der Waals surface area (Å²) in [5.41, 5.74) is 6.16. The first-order valence-corrected chi connectivity index (χ1v) is 10.4. The van der Waals surface area contributed by atoms with Crippen LogP contribution in [0, 0.1) is 0 Å². The summed E-state index contributed by atoms with van der Waals surface area (Å²) < 4.78 is 2.05. The van der Waals surface area contributed by atoms with Gasteiger partial charge in [-0.3, -0.25) is 9.98 Å². The monoisotopic (exact) mass is 399 g/mol. The molecule has 4 heterocycles. The molecule has 0 amide bonds. The van der Waals surface area contributed by atoms with Gasteiger partial charge < -0.3 is 20.0 Å². The van der Waals surface area contributed by atoms with E-state index in [2.05, 4.69) is 74.0 Å². The topological polar surface area (TPSA) is 81.9 Å². The highest BCUT2D eigenvalue weighted by Gasteiger charge is 2.11. The second-order valence-corrected chi connectivity index (χ2v) is 7.41. The predicted molar refractivity (Wildman–Crippen MR) is 123 cm³/mol. The summed E-state index contributed by atoms with van der Waals surface area (Å²) in [5, 5.41) is 7.84. The molecular formula is C23H25N7. The molecule has 0 fully saturated rings. The van der Waals surface area contributed by atoms with Crippen molar-refractivity contribution < 1.29 is 0 Å². The fourth-order valence-corrected chi connectivity index (χ4v) is 3.87. The van der Waals surface area contributed by atoms with Crippen molar-refractivity contribution in [2.24, 2.45) is 9.98 Å². The molecular weight excluding hydrogens is 374 g/mol. The molecule has 0 bridgehead atoms. The number of nitrogens with zero attached hydrogens (tertiary/aromatic N) is 4. The largest absolute Gasteiger partial charge is 0.370 e. The fourth-order valence-electron chi connectivity index (χ4n) is 3.87. The maximum atomic E-state index is 4.68. The van der Waals surface area contributed by atoms with Gasteiger partial charge in [0.2, 0.25) is 0 Å². The molecule has 152 valence electrons. The number of aromatic amines is 1. The summed E-state index contributed by atoms with van der Waals surface area (Å²) in [7, 11) is 1.78. The normalized spacial score (nSPS) is 14.7. The van der Waals surface area contributed by atoms with Gasteiger partial charge in [-0.15, -0.1) is 0 Å². The lowest BCUT2D eigenvalue weighted by Gasteiger charge is -2.14. The van der Waals surface area contributed by atoms with Crippen molar-refractivity contribution in [3.63, 3.8) is 0 Å². The molecule has 7 heteroatoms. The number of nitrogens with one attached hydrogen (secondary N) is 3. The second-order valence-electron chi connectivity index (χ2n) is 7.41. The summed E-state index contributed by atoms with van der Waals surface area (Å²) >= 11 is 0. The van der Waals surface area contributed by atoms with Crippen LogP contribution < -0.4 is 10.6 Å². The Labute approximate surface area is 175 Å². The molecule has 0 unspecified atom stereocenters. The van der Waals surface area contributed by atoms with Gasteiger partial charge in [0.05, 0.1) is 0 Å². The van der Waals surface area contributed by atoms with Crippen LogP contribution in [0.15, 0.2) is 58.8 Å². The molecule has 5 rings (SSSR count). The molecule has 1 aliphatic heterocycles. The molecule has 7 nitrogen and oxygen atoms in total. The Kier molecular flexibility index (Phi) is 4.71. The van der Waals surface area contributed by atoms with Crippen molar-refractivity contribution in [2.45, 2.75) is 13.3 Å². The molecule has 0 saturated carbocycles. The third-order valence-corrected chi connectivity index (χ3v) is 5.37. The lowest BCUT2D eigenvalue weighted by Crippen LogP contribution is -2.30. The first-order valence-electron chi connectivity index (χ1n) is 10.4. The molecule has 0 aliphatic carbocycles. The number of hydrogen-bond acceptors (Lipinski definition) is 4. The van der Waals surface area contributed by atoms with E-state index in [1.165, 1.54) is 5.39 Å². The quantitative estimate of drug-likeness (QED) is 0.364. The third-order valence-electron chi connectivity index (χ3n) is 5.37. The van der Waals surface area contributed by atoms with E-state index in [-0.39, 0.29) is 0 Å². The number of fused-ring (bicyclic) bond motifs is 2. The Balaban J connectivity index is 1.50. The van der Waals surface area contributed by atoms with Crippen LogP contribution in [0.4, 0.5) is 0 Å². The lowest BCUT2D eigenvalue weighted by molar-refractivity contribution is 0.742. The predicted octanol–water partition coefficient (Wildman–Crippen LogP) is 3.21. The van der Waals surface area contributed by atoms with Crippen LogP contribution in [0.2, 0.25) is 0 Å². The molecule has 0 atom stereocenters. The first kappa shape index (κ1) is 18.4. The molecule has 3 aromatic heterocycles. The van der Waals surface area contributed by atoms with E-state index < -0.39 is 0 Å². The standard InChI is InChI=1S/C23H25N7/c1-3-25-23(24-2)20-14-30-13-17(7-8-21(30)29-20)19-11-15-5-6-16(12-18(15)28-19)22-26-9-4-10-27-22/h5-8,11-14,28H,3-4,9-10H2,1-2H3,(H,24,25)(H,26,27). The molecule has 4 aromatic rings. The van der Waals surface area contributed by atoms with Crippen LogP contribution in [0.1, 0.15) is 24.6 Å². The number of pyridine rings is 1. The highest BCUT2D eigenvalue weighted by molar-refractivity contribution is 6.02. The lowest BCUT2D eigenvalue weighted by atomic mass is 10.1. The van der Waals surface area contributed by atoms with E-state index in [1.807, 2.05) is 16.7 Å². The van der Waals surface area contributed by atoms with Crippen molar-refractivity contribution in [3.8, 4) is 11.3 Å². The van der Waals surface area contributed by atoms with Crippen LogP contribution in [-0.2, 0) is 0 Å². The number of hydrogen-bond donors (Lipinski definition) is 3. The van der Waals surface area contributed by atoms with E-state index in [0.717, 1.165) is 71.4 Å². The molecule has 3 N–H and O–H groups in total. The Morgan fingerprint density at radius 3 is 2.87 bits per heavy atom. The minimum Gasteiger partial charge on any atom is -0.370 e. The zero-order valence-corrected chi connectivity index (χ0v) is 17.2. The van der Waals surface area contributed by atoms with Crippen molar-refractivity contribution >= 4 is 28.2 Å². The summed E-state index contributed by atoms with van der Waals surface area (Å²) in [6, 6.07) is 12.8. The minimum atomic E-state index is 0.806. The zero-order chi connectivity index (χ0) is 20.5. The average molecular weight is 400 g/mol. The van der Waals surface area contributed by atoms with E-state index in [0.29, 0.717) is 0 Å². The van der Waals surface area contributed by atoms with Gasteiger partial charge in [-0.1, -0.05) is 12.1 Å². The number of H-pyrrole nitrogens is 1. The SMILES string of the molecule is CCNC(=NC)c1cn2cc(-c3cc4ccc(C5=NCCCN5)cc4[nH]3)ccc2n1. The van der Waals surface area contributed by atoms with Crippen molar-refractivity contribution in [2.75, 3.05) is 26.7 Å². The van der Waals surface area contributed by atoms with Crippen molar-refractivity contribution in [1.82, 2.24) is 25.0 Å². The molecule has 0 saturated heterocycles. The summed E-state index contributed by atoms with van der Waals surface area (Å²) in [6.45, 7) is 4.74. The fraction of sp³-hybridized carbons (Fsp3) is 0.261. The van der Waals surface area contributed by atoms with Gasteiger partial charge in [-0.05, 0) is 37.6 Å². The van der Waals surface area contributed by atoms with Crippen LogP contribution in [0.3, 0.4) is 0 Å². The van der Waals surface area contributed by atoms with Gasteiger partial charge in [-0.25, -0.2) is 4.98 Å². The smallest absolute Gasteiger partial charge is 0.148 e. The summed E-state index contributed by atoms with van der Waals surface area (Å²) in [5.74, 6) is 1.79. The molecule has 1 aromatic carbocycles. The van der Waals surface area contributed by atoms with Crippen LogP contribution in [0.25, 0.3) is 27.8 Å². The van der Waals surface area contributed by atoms with Gasteiger partial charge in [0.1, 0.15) is 23.0 Å². The Morgan fingerprint density at radius 1 is 1.17 bits per heavy atom. The van der Waals surface area contributed by atoms with Crippen molar-refractivity contribution in [1.29, 1.82) is 0 Å². The maximum absolute atomic E-state index is 4.68. The Morgan fingerprint density at radius 2 is 2.07 bits per heavy atom. The molecule has 30 heavy (non-hydrogen) atoms. The van der Waals surface area contributed by atoms with Crippen LogP contribution in [-0.4, -0.2) is 52.7 Å². The van der Waals surface area contributed by atoms with E-state index in [4.69, 9.17) is 0 Å². The van der Waals surface area contributed by atoms with Gasteiger partial charge in [-0.2, -0.15) is 0 Å². The van der Waals surface area contributed by atoms with E-state index in [9.17, 15) is 0 Å². The van der Waals surface area contributed by atoms with Gasteiger partial charge >= 0.3 is 0 Å². The second kappa shape index (κ2) is 7.67. The highest BCUT2D eigenvalue weighted by atomic mass is 15.1. The number of aromatic nitrogens is 3. The first-order chi connectivity index (χ1) is 14.7.